The van der Waals surface area contributed by atoms with Gasteiger partial charge in [-0.1, -0.05) is 18.2 Å². The van der Waals surface area contributed by atoms with Gasteiger partial charge in [0.25, 0.3) is 5.91 Å². The van der Waals surface area contributed by atoms with Crippen LogP contribution in [0.25, 0.3) is 0 Å². The van der Waals surface area contributed by atoms with Crippen LogP contribution in [0.1, 0.15) is 16.2 Å². The summed E-state index contributed by atoms with van der Waals surface area (Å²) in [5.74, 6) is 0.126. The van der Waals surface area contributed by atoms with Crippen LogP contribution in [0.4, 0.5) is 0 Å². The number of aromatic nitrogens is 2. The van der Waals surface area contributed by atoms with Crippen LogP contribution in [0.15, 0.2) is 35.2 Å². The molecule has 1 aromatic heterocycles. The minimum atomic E-state index is -3.73. The smallest absolute Gasteiger partial charge is 0.285 e. The Morgan fingerprint density at radius 2 is 1.85 bits per heavy atom. The Kier molecular flexibility index (Phi) is 5.40. The summed E-state index contributed by atoms with van der Waals surface area (Å²) in [6, 6.07) is 8.93. The molecule has 1 saturated heterocycles. The molecule has 2 heterocycles. The lowest BCUT2D eigenvalue weighted by atomic mass is 10.3. The second kappa shape index (κ2) is 7.56. The fourth-order valence-electron chi connectivity index (χ4n) is 2.88. The summed E-state index contributed by atoms with van der Waals surface area (Å²) in [4.78, 5) is 12.5. The van der Waals surface area contributed by atoms with Gasteiger partial charge in [0, 0.05) is 13.1 Å². The molecule has 140 valence electrons. The zero-order valence-corrected chi connectivity index (χ0v) is 15.5. The Bertz CT molecular complexity index is 887. The molecule has 9 heteroatoms. The van der Waals surface area contributed by atoms with Crippen LogP contribution in [0.5, 0.6) is 5.75 Å². The lowest BCUT2D eigenvalue weighted by Gasteiger charge is -2.26. The lowest BCUT2D eigenvalue weighted by Crippen LogP contribution is -2.41. The third-order valence-electron chi connectivity index (χ3n) is 4.13. The molecule has 3 rings (SSSR count). The summed E-state index contributed by atoms with van der Waals surface area (Å²) in [5.41, 5.74) is 0.581. The van der Waals surface area contributed by atoms with E-state index in [9.17, 15) is 13.2 Å². The first-order chi connectivity index (χ1) is 12.4. The fraction of sp³-hybridized carbons (Fsp3) is 0.412. The number of rotatable bonds is 5. The highest BCUT2D eigenvalue weighted by Crippen LogP contribution is 2.24. The van der Waals surface area contributed by atoms with Crippen LogP contribution < -0.4 is 4.74 Å². The largest absolute Gasteiger partial charge is 0.484 e. The van der Waals surface area contributed by atoms with Gasteiger partial charge in [-0.15, -0.1) is 0 Å². The summed E-state index contributed by atoms with van der Waals surface area (Å²) in [5, 5.41) is 4.13. The average molecular weight is 379 g/mol. The maximum absolute atomic E-state index is 12.9. The van der Waals surface area contributed by atoms with Gasteiger partial charge in [-0.2, -0.15) is 9.40 Å². The van der Waals surface area contributed by atoms with Crippen LogP contribution in [-0.4, -0.2) is 61.3 Å². The van der Waals surface area contributed by atoms with Crippen LogP contribution in [0, 0.1) is 13.8 Å². The highest BCUT2D eigenvalue weighted by molar-refractivity contribution is 7.89. The molecule has 0 bridgehead atoms. The third kappa shape index (κ3) is 3.64. The van der Waals surface area contributed by atoms with Crippen molar-refractivity contribution in [2.45, 2.75) is 18.7 Å². The third-order valence-corrected chi connectivity index (χ3v) is 6.29. The van der Waals surface area contributed by atoms with Crippen molar-refractivity contribution in [3.63, 3.8) is 0 Å². The summed E-state index contributed by atoms with van der Waals surface area (Å²) in [6.07, 6.45) is 0. The van der Waals surface area contributed by atoms with Crippen LogP contribution in [-0.2, 0) is 14.8 Å². The number of aryl methyl sites for hydroxylation is 1. The van der Waals surface area contributed by atoms with E-state index in [4.69, 9.17) is 9.47 Å². The first-order valence-electron chi connectivity index (χ1n) is 8.26. The second-order valence-corrected chi connectivity index (χ2v) is 7.80. The number of carbonyl (C=O) groups excluding carboxylic acids is 1. The molecule has 0 amide bonds. The molecular weight excluding hydrogens is 358 g/mol. The minimum Gasteiger partial charge on any atom is -0.484 e. The second-order valence-electron chi connectivity index (χ2n) is 5.92. The van der Waals surface area contributed by atoms with Gasteiger partial charge in [-0.3, -0.25) is 4.79 Å². The molecule has 1 aromatic carbocycles. The molecule has 0 radical (unpaired) electrons. The molecule has 0 saturated carbocycles. The van der Waals surface area contributed by atoms with Crippen molar-refractivity contribution in [1.82, 2.24) is 14.1 Å². The molecule has 1 aliphatic rings. The van der Waals surface area contributed by atoms with Crippen molar-refractivity contribution in [2.75, 3.05) is 32.9 Å². The van der Waals surface area contributed by atoms with E-state index in [1.165, 1.54) is 4.31 Å². The molecular formula is C17H21N3O5S. The van der Waals surface area contributed by atoms with E-state index in [-0.39, 0.29) is 30.3 Å². The van der Waals surface area contributed by atoms with Gasteiger partial charge in [-0.05, 0) is 26.0 Å². The molecule has 1 fully saturated rings. The standard InChI is InChI=1S/C17H21N3O5S/c1-13-17(26(22,23)19-8-10-24-11-9-19)14(2)20(18-13)16(21)12-25-15-6-4-3-5-7-15/h3-7H,8-12H2,1-2H3. The molecule has 8 nitrogen and oxygen atoms in total. The van der Waals surface area contributed by atoms with Crippen molar-refractivity contribution >= 4 is 15.9 Å². The molecule has 2 aromatic rings. The van der Waals surface area contributed by atoms with E-state index >= 15 is 0 Å². The van der Waals surface area contributed by atoms with Gasteiger partial charge < -0.3 is 9.47 Å². The first-order valence-corrected chi connectivity index (χ1v) is 9.70. The quantitative estimate of drug-likeness (QED) is 0.776. The Morgan fingerprint density at radius 1 is 1.19 bits per heavy atom. The highest BCUT2D eigenvalue weighted by atomic mass is 32.2. The first kappa shape index (κ1) is 18.6. The van der Waals surface area contributed by atoms with Crippen LogP contribution >= 0.6 is 0 Å². The van der Waals surface area contributed by atoms with E-state index in [2.05, 4.69) is 5.10 Å². The predicted octanol–water partition coefficient (Wildman–Crippen LogP) is 1.24. The topological polar surface area (TPSA) is 90.7 Å². The number of ether oxygens (including phenoxy) is 2. The van der Waals surface area contributed by atoms with Gasteiger partial charge in [0.1, 0.15) is 10.6 Å². The number of sulfonamides is 1. The number of nitrogens with zero attached hydrogens (tertiary/aromatic N) is 3. The average Bonchev–Trinajstić information content (AvgIpc) is 2.96. The van der Waals surface area contributed by atoms with Crippen molar-refractivity contribution < 1.29 is 22.7 Å². The van der Waals surface area contributed by atoms with E-state index in [0.29, 0.717) is 24.7 Å². The normalized spacial score (nSPS) is 15.8. The molecule has 0 aliphatic carbocycles. The Balaban J connectivity index is 1.82. The number of benzene rings is 1. The molecule has 0 atom stereocenters. The van der Waals surface area contributed by atoms with Crippen molar-refractivity contribution in [3.8, 4) is 5.75 Å². The number of morpholine rings is 1. The molecule has 0 N–H and O–H groups in total. The van der Waals surface area contributed by atoms with Gasteiger partial charge in [0.2, 0.25) is 10.0 Å². The fourth-order valence-corrected chi connectivity index (χ4v) is 4.65. The van der Waals surface area contributed by atoms with Crippen LogP contribution in [0.2, 0.25) is 0 Å². The lowest BCUT2D eigenvalue weighted by molar-refractivity contribution is 0.0729. The van der Waals surface area contributed by atoms with Crippen molar-refractivity contribution in [3.05, 3.63) is 41.7 Å². The monoisotopic (exact) mass is 379 g/mol. The molecule has 26 heavy (non-hydrogen) atoms. The number of para-hydroxylation sites is 1. The Morgan fingerprint density at radius 3 is 2.50 bits per heavy atom. The summed E-state index contributed by atoms with van der Waals surface area (Å²) in [7, 11) is -3.73. The summed E-state index contributed by atoms with van der Waals surface area (Å²) in [6.45, 7) is 4.22. The Hall–Kier alpha value is -2.23. The van der Waals surface area contributed by atoms with E-state index in [1.54, 1.807) is 38.1 Å². The SMILES string of the molecule is Cc1nn(C(=O)COc2ccccc2)c(C)c1S(=O)(=O)N1CCOCC1. The highest BCUT2D eigenvalue weighted by Gasteiger charge is 2.33. The van der Waals surface area contributed by atoms with E-state index in [1.807, 2.05) is 6.07 Å². The predicted molar refractivity (Wildman–Crippen MR) is 93.8 cm³/mol. The van der Waals surface area contributed by atoms with E-state index in [0.717, 1.165) is 4.68 Å². The molecule has 0 spiro atoms. The van der Waals surface area contributed by atoms with Crippen molar-refractivity contribution in [2.24, 2.45) is 0 Å². The maximum Gasteiger partial charge on any atom is 0.285 e. The van der Waals surface area contributed by atoms with Gasteiger partial charge in [0.05, 0.1) is 24.6 Å². The Labute approximate surface area is 152 Å². The van der Waals surface area contributed by atoms with Gasteiger partial charge >= 0.3 is 0 Å². The summed E-state index contributed by atoms with van der Waals surface area (Å²) >= 11 is 0. The summed E-state index contributed by atoms with van der Waals surface area (Å²) < 4.78 is 39.0. The van der Waals surface area contributed by atoms with Crippen molar-refractivity contribution in [1.29, 1.82) is 0 Å². The zero-order valence-electron chi connectivity index (χ0n) is 14.7. The number of hydrogen-bond acceptors (Lipinski definition) is 6. The van der Waals surface area contributed by atoms with Gasteiger partial charge in [0.15, 0.2) is 6.61 Å². The van der Waals surface area contributed by atoms with Gasteiger partial charge in [-0.25, -0.2) is 13.1 Å². The number of hydrogen-bond donors (Lipinski definition) is 0. The number of carbonyl (C=O) groups is 1. The van der Waals surface area contributed by atoms with Crippen LogP contribution in [0.3, 0.4) is 0 Å². The minimum absolute atomic E-state index is 0.0764. The van der Waals surface area contributed by atoms with E-state index < -0.39 is 15.9 Å². The molecule has 1 aliphatic heterocycles. The molecule has 0 unspecified atom stereocenters. The zero-order chi connectivity index (χ0) is 18.7. The maximum atomic E-state index is 12.9.